The highest BCUT2D eigenvalue weighted by Gasteiger charge is 2.19. The molecule has 0 bridgehead atoms. The molecule has 2 aromatic heterocycles. The molecule has 8 nitrogen and oxygen atoms in total. The lowest BCUT2D eigenvalue weighted by atomic mass is 10.2. The van der Waals surface area contributed by atoms with E-state index in [9.17, 15) is 14.4 Å². The normalized spacial score (nSPS) is 11.0. The van der Waals surface area contributed by atoms with Crippen LogP contribution in [-0.4, -0.2) is 32.1 Å². The van der Waals surface area contributed by atoms with Crippen LogP contribution in [0, 0.1) is 6.92 Å². The zero-order valence-corrected chi connectivity index (χ0v) is 18.5. The molecule has 2 heterocycles. The third-order valence-electron chi connectivity index (χ3n) is 5.31. The summed E-state index contributed by atoms with van der Waals surface area (Å²) in [6, 6.07) is 14.4. The standard InChI is InChI=1S/C23H20ClN5O3/c1-14-9-10-16(24)11-18(14)27(2)19(30)13-29-22(31)17-12-25-20(15-7-5-4-6-8-15)26-21(17)28(3)23(29)32/h4-12H,13H2,1-3H3. The van der Waals surface area contributed by atoms with Crippen molar-refractivity contribution in [1.82, 2.24) is 19.1 Å². The lowest BCUT2D eigenvalue weighted by Crippen LogP contribution is -2.44. The van der Waals surface area contributed by atoms with E-state index in [4.69, 9.17) is 11.6 Å². The molecule has 0 saturated heterocycles. The first-order valence-corrected chi connectivity index (χ1v) is 10.2. The molecule has 0 spiro atoms. The largest absolute Gasteiger partial charge is 0.332 e. The fourth-order valence-electron chi connectivity index (χ4n) is 3.47. The van der Waals surface area contributed by atoms with Gasteiger partial charge in [-0.25, -0.2) is 14.8 Å². The van der Waals surface area contributed by atoms with Crippen molar-refractivity contribution in [2.24, 2.45) is 7.05 Å². The second kappa shape index (κ2) is 8.39. The van der Waals surface area contributed by atoms with Crippen molar-refractivity contribution in [1.29, 1.82) is 0 Å². The molecule has 0 unspecified atom stereocenters. The van der Waals surface area contributed by atoms with Gasteiger partial charge in [0, 0.05) is 36.6 Å². The first-order chi connectivity index (χ1) is 15.3. The van der Waals surface area contributed by atoms with Gasteiger partial charge in [-0.1, -0.05) is 48.0 Å². The van der Waals surface area contributed by atoms with E-state index in [1.807, 2.05) is 37.3 Å². The van der Waals surface area contributed by atoms with Crippen LogP contribution >= 0.6 is 11.6 Å². The number of rotatable bonds is 4. The van der Waals surface area contributed by atoms with Crippen LogP contribution in [0.2, 0.25) is 5.02 Å². The van der Waals surface area contributed by atoms with Crippen molar-refractivity contribution >= 4 is 34.2 Å². The van der Waals surface area contributed by atoms with Crippen LogP contribution in [0.4, 0.5) is 5.69 Å². The van der Waals surface area contributed by atoms with Crippen molar-refractivity contribution in [3.8, 4) is 11.4 Å². The molecule has 0 aliphatic rings. The fourth-order valence-corrected chi connectivity index (χ4v) is 3.63. The number of carbonyl (C=O) groups excluding carboxylic acids is 1. The highest BCUT2D eigenvalue weighted by atomic mass is 35.5. The predicted octanol–water partition coefficient (Wildman–Crippen LogP) is 2.78. The van der Waals surface area contributed by atoms with Gasteiger partial charge in [0.2, 0.25) is 5.91 Å². The van der Waals surface area contributed by atoms with Crippen molar-refractivity contribution in [3.05, 3.63) is 86.2 Å². The maximum Gasteiger partial charge on any atom is 0.332 e. The van der Waals surface area contributed by atoms with Gasteiger partial charge in [0.25, 0.3) is 5.56 Å². The van der Waals surface area contributed by atoms with E-state index in [1.54, 1.807) is 25.2 Å². The first-order valence-electron chi connectivity index (χ1n) is 9.82. The summed E-state index contributed by atoms with van der Waals surface area (Å²) in [6.07, 6.45) is 1.39. The minimum Gasteiger partial charge on any atom is -0.314 e. The Morgan fingerprint density at radius 1 is 1.12 bits per heavy atom. The van der Waals surface area contributed by atoms with Crippen molar-refractivity contribution in [3.63, 3.8) is 0 Å². The number of likely N-dealkylation sites (N-methyl/N-ethyl adjacent to an activating group) is 1. The molecule has 4 aromatic rings. The summed E-state index contributed by atoms with van der Waals surface area (Å²) in [4.78, 5) is 49.0. The van der Waals surface area contributed by atoms with E-state index >= 15 is 0 Å². The molecule has 2 aromatic carbocycles. The summed E-state index contributed by atoms with van der Waals surface area (Å²) in [7, 11) is 3.09. The Morgan fingerprint density at radius 2 is 1.84 bits per heavy atom. The Labute approximate surface area is 188 Å². The monoisotopic (exact) mass is 449 g/mol. The summed E-state index contributed by atoms with van der Waals surface area (Å²) >= 11 is 6.06. The van der Waals surface area contributed by atoms with E-state index < -0.39 is 23.7 Å². The van der Waals surface area contributed by atoms with Crippen LogP contribution in [0.25, 0.3) is 22.4 Å². The van der Waals surface area contributed by atoms with Crippen molar-refractivity contribution < 1.29 is 4.79 Å². The average Bonchev–Trinajstić information content (AvgIpc) is 2.81. The molecule has 4 rings (SSSR count). The number of fused-ring (bicyclic) bond motifs is 1. The van der Waals surface area contributed by atoms with E-state index in [0.717, 1.165) is 15.7 Å². The van der Waals surface area contributed by atoms with Gasteiger partial charge >= 0.3 is 5.69 Å². The SMILES string of the molecule is Cc1ccc(Cl)cc1N(C)C(=O)Cn1c(=O)c2cnc(-c3ccccc3)nc2n(C)c1=O. The third-order valence-corrected chi connectivity index (χ3v) is 5.55. The molecule has 0 saturated carbocycles. The number of amides is 1. The zero-order valence-electron chi connectivity index (χ0n) is 17.7. The molecule has 0 aliphatic heterocycles. The molecule has 9 heteroatoms. The number of hydrogen-bond donors (Lipinski definition) is 0. The third kappa shape index (κ3) is 3.80. The number of benzene rings is 2. The van der Waals surface area contributed by atoms with Crippen LogP contribution < -0.4 is 16.1 Å². The number of carbonyl (C=O) groups is 1. The lowest BCUT2D eigenvalue weighted by Gasteiger charge is -2.20. The summed E-state index contributed by atoms with van der Waals surface area (Å²) in [5.74, 6) is -0.0340. The van der Waals surface area contributed by atoms with Gasteiger partial charge in [-0.3, -0.25) is 18.7 Å². The number of anilines is 1. The predicted molar refractivity (Wildman–Crippen MR) is 124 cm³/mol. The lowest BCUT2D eigenvalue weighted by molar-refractivity contribution is -0.119. The Morgan fingerprint density at radius 3 is 2.56 bits per heavy atom. The van der Waals surface area contributed by atoms with E-state index in [-0.39, 0.29) is 11.0 Å². The first kappa shape index (κ1) is 21.5. The molecule has 0 radical (unpaired) electrons. The van der Waals surface area contributed by atoms with Crippen LogP contribution in [-0.2, 0) is 18.4 Å². The topological polar surface area (TPSA) is 90.1 Å². The van der Waals surface area contributed by atoms with Crippen molar-refractivity contribution in [2.45, 2.75) is 13.5 Å². The Kier molecular flexibility index (Phi) is 5.63. The van der Waals surface area contributed by atoms with E-state index in [0.29, 0.717) is 16.5 Å². The molecule has 0 aliphatic carbocycles. The molecular weight excluding hydrogens is 430 g/mol. The number of halogens is 1. The van der Waals surface area contributed by atoms with Crippen LogP contribution in [0.3, 0.4) is 0 Å². The molecule has 0 N–H and O–H groups in total. The molecule has 1 amide bonds. The maximum absolute atomic E-state index is 13.0. The second-order valence-corrected chi connectivity index (χ2v) is 7.85. The molecule has 162 valence electrons. The van der Waals surface area contributed by atoms with Gasteiger partial charge in [-0.05, 0) is 24.6 Å². The summed E-state index contributed by atoms with van der Waals surface area (Å²) in [5, 5.41) is 0.636. The number of aromatic nitrogens is 4. The van der Waals surface area contributed by atoms with Crippen LogP contribution in [0.5, 0.6) is 0 Å². The second-order valence-electron chi connectivity index (χ2n) is 7.41. The number of aryl methyl sites for hydroxylation is 2. The van der Waals surface area contributed by atoms with E-state index in [2.05, 4.69) is 9.97 Å². The quantitative estimate of drug-likeness (QED) is 0.478. The number of hydrogen-bond acceptors (Lipinski definition) is 5. The minimum atomic E-state index is -0.634. The molecule has 0 fully saturated rings. The average molecular weight is 450 g/mol. The summed E-state index contributed by atoms with van der Waals surface area (Å²) in [6.45, 7) is 1.42. The van der Waals surface area contributed by atoms with Gasteiger partial charge < -0.3 is 4.90 Å². The number of nitrogens with zero attached hydrogens (tertiary/aromatic N) is 5. The minimum absolute atomic E-state index is 0.154. The van der Waals surface area contributed by atoms with Gasteiger partial charge in [0.05, 0.1) is 0 Å². The molecule has 0 atom stereocenters. The van der Waals surface area contributed by atoms with Gasteiger partial charge in [-0.15, -0.1) is 0 Å². The van der Waals surface area contributed by atoms with Crippen LogP contribution in [0.1, 0.15) is 5.56 Å². The highest BCUT2D eigenvalue weighted by molar-refractivity contribution is 6.31. The smallest absolute Gasteiger partial charge is 0.314 e. The summed E-state index contributed by atoms with van der Waals surface area (Å²) < 4.78 is 2.15. The maximum atomic E-state index is 13.0. The molecular formula is C23H20ClN5O3. The van der Waals surface area contributed by atoms with Gasteiger partial charge in [-0.2, -0.15) is 0 Å². The fraction of sp³-hybridized carbons (Fsp3) is 0.174. The van der Waals surface area contributed by atoms with Gasteiger partial charge in [0.1, 0.15) is 11.9 Å². The zero-order chi connectivity index (χ0) is 23.0. The molecule has 32 heavy (non-hydrogen) atoms. The van der Waals surface area contributed by atoms with Crippen molar-refractivity contribution in [2.75, 3.05) is 11.9 Å². The van der Waals surface area contributed by atoms with Gasteiger partial charge in [0.15, 0.2) is 11.5 Å². The Hall–Kier alpha value is -3.78. The highest BCUT2D eigenvalue weighted by Crippen LogP contribution is 2.23. The summed E-state index contributed by atoms with van der Waals surface area (Å²) in [5.41, 5.74) is 1.16. The van der Waals surface area contributed by atoms with Crippen LogP contribution in [0.15, 0.2) is 64.3 Å². The Bertz CT molecular complexity index is 1460. The Balaban J connectivity index is 1.75. The van der Waals surface area contributed by atoms with E-state index in [1.165, 1.54) is 22.7 Å².